The number of aromatic amines is 1. The van der Waals surface area contributed by atoms with E-state index in [1.165, 1.54) is 10.9 Å². The molecule has 0 spiro atoms. The van der Waals surface area contributed by atoms with Crippen molar-refractivity contribution in [3.05, 3.63) is 64.3 Å². The molecule has 3 rings (SSSR count). The highest BCUT2D eigenvalue weighted by molar-refractivity contribution is 6.36. The highest BCUT2D eigenvalue weighted by Crippen LogP contribution is 2.25. The van der Waals surface area contributed by atoms with Crippen LogP contribution in [0.1, 0.15) is 5.56 Å². The highest BCUT2D eigenvalue weighted by atomic mass is 35.5. The van der Waals surface area contributed by atoms with Crippen LogP contribution < -0.4 is 10.6 Å². The molecule has 23 heavy (non-hydrogen) atoms. The predicted octanol–water partition coefficient (Wildman–Crippen LogP) is 4.84. The van der Waals surface area contributed by atoms with Crippen LogP contribution in [0.25, 0.3) is 10.9 Å². The van der Waals surface area contributed by atoms with Crippen LogP contribution in [0.3, 0.4) is 0 Å². The number of aromatic nitrogens is 1. The van der Waals surface area contributed by atoms with Crippen LogP contribution in [-0.4, -0.2) is 17.6 Å². The summed E-state index contributed by atoms with van der Waals surface area (Å²) in [6.07, 6.45) is 2.71. The molecule has 0 aliphatic rings. The number of nitrogens with one attached hydrogen (secondary N) is 3. The molecule has 0 bridgehead atoms. The Hall–Kier alpha value is -2.17. The van der Waals surface area contributed by atoms with Gasteiger partial charge in [-0.15, -0.1) is 0 Å². The molecule has 3 aromatic rings. The van der Waals surface area contributed by atoms with Crippen LogP contribution in [0.5, 0.6) is 0 Å². The third-order valence-electron chi connectivity index (χ3n) is 3.53. The Labute approximate surface area is 143 Å². The minimum absolute atomic E-state index is 0.297. The summed E-state index contributed by atoms with van der Waals surface area (Å²) in [4.78, 5) is 15.1. The second-order valence-electron chi connectivity index (χ2n) is 5.11. The van der Waals surface area contributed by atoms with Gasteiger partial charge in [0.1, 0.15) is 0 Å². The van der Waals surface area contributed by atoms with Crippen molar-refractivity contribution < 1.29 is 4.79 Å². The summed E-state index contributed by atoms with van der Waals surface area (Å²) in [6, 6.07) is 12.7. The van der Waals surface area contributed by atoms with Gasteiger partial charge in [-0.3, -0.25) is 0 Å². The normalized spacial score (nSPS) is 10.7. The topological polar surface area (TPSA) is 56.9 Å². The van der Waals surface area contributed by atoms with Crippen molar-refractivity contribution in [3.63, 3.8) is 0 Å². The molecule has 118 valence electrons. The van der Waals surface area contributed by atoms with E-state index in [1.54, 1.807) is 18.2 Å². The van der Waals surface area contributed by atoms with E-state index >= 15 is 0 Å². The number of H-pyrrole nitrogens is 1. The summed E-state index contributed by atoms with van der Waals surface area (Å²) in [5.74, 6) is 0. The van der Waals surface area contributed by atoms with Gasteiger partial charge >= 0.3 is 6.03 Å². The smallest absolute Gasteiger partial charge is 0.319 e. The molecular formula is C17H15Cl2N3O. The number of amides is 2. The number of rotatable bonds is 4. The molecule has 4 nitrogen and oxygen atoms in total. The van der Waals surface area contributed by atoms with Crippen molar-refractivity contribution >= 4 is 45.8 Å². The molecule has 2 aromatic carbocycles. The molecule has 0 atom stereocenters. The Balaban J connectivity index is 1.55. The van der Waals surface area contributed by atoms with E-state index in [0.717, 1.165) is 11.9 Å². The fourth-order valence-electron chi connectivity index (χ4n) is 2.41. The lowest BCUT2D eigenvalue weighted by Crippen LogP contribution is -2.30. The van der Waals surface area contributed by atoms with E-state index in [-0.39, 0.29) is 6.03 Å². The van der Waals surface area contributed by atoms with Gasteiger partial charge in [-0.05, 0) is 36.2 Å². The molecule has 0 unspecified atom stereocenters. The molecule has 1 heterocycles. The van der Waals surface area contributed by atoms with Crippen molar-refractivity contribution in [1.29, 1.82) is 0 Å². The van der Waals surface area contributed by atoms with E-state index in [4.69, 9.17) is 23.2 Å². The van der Waals surface area contributed by atoms with Crippen molar-refractivity contribution in [3.8, 4) is 0 Å². The van der Waals surface area contributed by atoms with Crippen LogP contribution in [-0.2, 0) is 6.42 Å². The molecule has 0 fully saturated rings. The van der Waals surface area contributed by atoms with E-state index < -0.39 is 0 Å². The second-order valence-corrected chi connectivity index (χ2v) is 5.96. The molecule has 0 saturated heterocycles. The minimum atomic E-state index is -0.297. The van der Waals surface area contributed by atoms with E-state index in [1.807, 2.05) is 24.4 Å². The Kier molecular flexibility index (Phi) is 4.74. The number of halogens is 2. The summed E-state index contributed by atoms with van der Waals surface area (Å²) < 4.78 is 0. The van der Waals surface area contributed by atoms with Crippen molar-refractivity contribution in [2.45, 2.75) is 6.42 Å². The van der Waals surface area contributed by atoms with Crippen LogP contribution in [0, 0.1) is 0 Å². The zero-order valence-corrected chi connectivity index (χ0v) is 13.7. The van der Waals surface area contributed by atoms with E-state index in [0.29, 0.717) is 22.3 Å². The molecule has 0 aliphatic carbocycles. The molecule has 0 radical (unpaired) electrons. The monoisotopic (exact) mass is 347 g/mol. The third-order valence-corrected chi connectivity index (χ3v) is 4.08. The van der Waals surface area contributed by atoms with Crippen LogP contribution in [0.2, 0.25) is 10.0 Å². The first-order valence-corrected chi connectivity index (χ1v) is 7.94. The quantitative estimate of drug-likeness (QED) is 0.621. The number of carbonyl (C=O) groups excluding carboxylic acids is 1. The number of hydrogen-bond acceptors (Lipinski definition) is 1. The van der Waals surface area contributed by atoms with Crippen LogP contribution >= 0.6 is 23.2 Å². The largest absolute Gasteiger partial charge is 0.361 e. The van der Waals surface area contributed by atoms with Gasteiger partial charge in [-0.25, -0.2) is 4.79 Å². The Morgan fingerprint density at radius 2 is 1.96 bits per heavy atom. The lowest BCUT2D eigenvalue weighted by molar-refractivity contribution is 0.252. The Morgan fingerprint density at radius 3 is 2.78 bits per heavy atom. The number of anilines is 1. The number of benzene rings is 2. The van der Waals surface area contributed by atoms with Gasteiger partial charge in [0.15, 0.2) is 0 Å². The number of fused-ring (bicyclic) bond motifs is 1. The zero-order chi connectivity index (χ0) is 16.2. The fourth-order valence-corrected chi connectivity index (χ4v) is 2.86. The molecule has 3 N–H and O–H groups in total. The highest BCUT2D eigenvalue weighted by Gasteiger charge is 2.07. The zero-order valence-electron chi connectivity index (χ0n) is 12.2. The van der Waals surface area contributed by atoms with Crippen molar-refractivity contribution in [2.75, 3.05) is 11.9 Å². The van der Waals surface area contributed by atoms with Gasteiger partial charge in [0.05, 0.1) is 10.7 Å². The summed E-state index contributed by atoms with van der Waals surface area (Å²) in [5, 5.41) is 7.64. The predicted molar refractivity (Wildman–Crippen MR) is 95.5 cm³/mol. The molecule has 6 heteroatoms. The maximum absolute atomic E-state index is 11.9. The van der Waals surface area contributed by atoms with Gasteiger partial charge in [0.2, 0.25) is 0 Å². The standard InChI is InChI=1S/C17H15Cl2N3O/c18-12-5-6-16(14(19)9-12)22-17(23)20-8-7-11-10-21-15-4-2-1-3-13(11)15/h1-6,9-10,21H,7-8H2,(H2,20,22,23). The Morgan fingerprint density at radius 1 is 1.13 bits per heavy atom. The summed E-state index contributed by atoms with van der Waals surface area (Å²) in [6.45, 7) is 0.527. The lowest BCUT2D eigenvalue weighted by Gasteiger charge is -2.09. The van der Waals surface area contributed by atoms with Crippen LogP contribution in [0.15, 0.2) is 48.7 Å². The van der Waals surface area contributed by atoms with Crippen LogP contribution in [0.4, 0.5) is 10.5 Å². The maximum atomic E-state index is 11.9. The Bertz CT molecular complexity index is 845. The summed E-state index contributed by atoms with van der Waals surface area (Å²) >= 11 is 11.8. The van der Waals surface area contributed by atoms with E-state index in [9.17, 15) is 4.79 Å². The number of para-hydroxylation sites is 1. The number of carbonyl (C=O) groups is 1. The van der Waals surface area contributed by atoms with E-state index in [2.05, 4.69) is 21.7 Å². The molecule has 0 saturated carbocycles. The molecule has 0 aliphatic heterocycles. The van der Waals surface area contributed by atoms with Gasteiger partial charge in [-0.2, -0.15) is 0 Å². The fraction of sp³-hybridized carbons (Fsp3) is 0.118. The maximum Gasteiger partial charge on any atom is 0.319 e. The molecule has 1 aromatic heterocycles. The molecular weight excluding hydrogens is 333 g/mol. The average molecular weight is 348 g/mol. The first-order valence-electron chi connectivity index (χ1n) is 7.18. The van der Waals surface area contributed by atoms with Crippen molar-refractivity contribution in [1.82, 2.24) is 10.3 Å². The molecule has 2 amide bonds. The first kappa shape index (κ1) is 15.7. The summed E-state index contributed by atoms with van der Waals surface area (Å²) in [5.41, 5.74) is 2.80. The number of urea groups is 1. The van der Waals surface area contributed by atoms with Gasteiger partial charge in [0, 0.05) is 28.7 Å². The van der Waals surface area contributed by atoms with Gasteiger partial charge < -0.3 is 15.6 Å². The van der Waals surface area contributed by atoms with Gasteiger partial charge in [0.25, 0.3) is 0 Å². The van der Waals surface area contributed by atoms with Gasteiger partial charge in [-0.1, -0.05) is 41.4 Å². The summed E-state index contributed by atoms with van der Waals surface area (Å²) in [7, 11) is 0. The lowest BCUT2D eigenvalue weighted by atomic mass is 10.1. The second kappa shape index (κ2) is 6.94. The minimum Gasteiger partial charge on any atom is -0.361 e. The number of hydrogen-bond donors (Lipinski definition) is 3. The van der Waals surface area contributed by atoms with Crippen molar-refractivity contribution in [2.24, 2.45) is 0 Å². The third kappa shape index (κ3) is 3.78. The first-order chi connectivity index (χ1) is 11.1. The average Bonchev–Trinajstić information content (AvgIpc) is 2.94. The SMILES string of the molecule is O=C(NCCc1c[nH]c2ccccc12)Nc1ccc(Cl)cc1Cl.